The Balaban J connectivity index is 1.90. The lowest BCUT2D eigenvalue weighted by Crippen LogP contribution is -2.28. The van der Waals surface area contributed by atoms with Gasteiger partial charge in [-0.05, 0) is 48.9 Å². The van der Waals surface area contributed by atoms with E-state index < -0.39 is 0 Å². The summed E-state index contributed by atoms with van der Waals surface area (Å²) >= 11 is 5.46. The molecule has 106 valence electrons. The van der Waals surface area contributed by atoms with Gasteiger partial charge in [-0.3, -0.25) is 0 Å². The molecule has 2 rings (SSSR count). The zero-order valence-corrected chi connectivity index (χ0v) is 13.5. The van der Waals surface area contributed by atoms with Gasteiger partial charge in [0.15, 0.2) is 0 Å². The third-order valence-corrected chi connectivity index (χ3v) is 4.85. The highest BCUT2D eigenvalue weighted by atomic mass is 79.9. The van der Waals surface area contributed by atoms with Crippen LogP contribution in [0.15, 0.2) is 27.6 Å². The van der Waals surface area contributed by atoms with Crippen molar-refractivity contribution in [3.63, 3.8) is 0 Å². The van der Waals surface area contributed by atoms with Crippen LogP contribution in [0.2, 0.25) is 0 Å². The Kier molecular flexibility index (Phi) is 6.16. The topological polar surface area (TPSA) is 41.5 Å². The highest BCUT2D eigenvalue weighted by Gasteiger charge is 2.20. The average Bonchev–Trinajstić information content (AvgIpc) is 2.39. The third-order valence-electron chi connectivity index (χ3n) is 3.24. The second-order valence-electron chi connectivity index (χ2n) is 4.72. The number of hydrogen-bond acceptors (Lipinski definition) is 4. The van der Waals surface area contributed by atoms with E-state index in [1.165, 1.54) is 10.5 Å². The van der Waals surface area contributed by atoms with Gasteiger partial charge in [0, 0.05) is 22.5 Å². The molecule has 0 saturated heterocycles. The molecule has 0 bridgehead atoms. The standard InChI is InChI=1S/C14H20BrNO2S/c1-18-9-11(17)4-6-16-13-5-7-19-14-3-2-10(15)8-12(13)14/h2-3,8,11,13,16-17H,4-7,9H2,1H3. The molecule has 3 nitrogen and oxygen atoms in total. The number of benzene rings is 1. The van der Waals surface area contributed by atoms with Crippen LogP contribution in [-0.2, 0) is 4.74 Å². The van der Waals surface area contributed by atoms with Crippen LogP contribution in [0.4, 0.5) is 0 Å². The first-order valence-electron chi connectivity index (χ1n) is 6.53. The molecule has 1 heterocycles. The van der Waals surface area contributed by atoms with Gasteiger partial charge in [0.05, 0.1) is 12.7 Å². The Morgan fingerprint density at radius 2 is 2.42 bits per heavy atom. The quantitative estimate of drug-likeness (QED) is 0.831. The summed E-state index contributed by atoms with van der Waals surface area (Å²) in [6.45, 7) is 1.22. The van der Waals surface area contributed by atoms with E-state index in [0.717, 1.165) is 29.6 Å². The molecular formula is C14H20BrNO2S. The number of fused-ring (bicyclic) bond motifs is 1. The van der Waals surface area contributed by atoms with Crippen LogP contribution in [0.25, 0.3) is 0 Å². The van der Waals surface area contributed by atoms with Crippen molar-refractivity contribution in [1.29, 1.82) is 0 Å². The summed E-state index contributed by atoms with van der Waals surface area (Å²) in [5.74, 6) is 1.15. The number of hydrogen-bond donors (Lipinski definition) is 2. The number of halogens is 1. The zero-order valence-electron chi connectivity index (χ0n) is 11.1. The van der Waals surface area contributed by atoms with E-state index >= 15 is 0 Å². The fraction of sp³-hybridized carbons (Fsp3) is 0.571. The number of ether oxygens (including phenoxy) is 1. The minimum atomic E-state index is -0.377. The van der Waals surface area contributed by atoms with E-state index in [2.05, 4.69) is 39.4 Å². The molecule has 1 aromatic rings. The highest BCUT2D eigenvalue weighted by molar-refractivity contribution is 9.10. The van der Waals surface area contributed by atoms with E-state index in [-0.39, 0.29) is 6.10 Å². The number of rotatable bonds is 6. The fourth-order valence-corrected chi connectivity index (χ4v) is 3.76. The van der Waals surface area contributed by atoms with E-state index in [0.29, 0.717) is 12.6 Å². The van der Waals surface area contributed by atoms with Gasteiger partial charge in [-0.15, -0.1) is 11.8 Å². The van der Waals surface area contributed by atoms with Crippen LogP contribution >= 0.6 is 27.7 Å². The normalized spacial score (nSPS) is 20.1. The summed E-state index contributed by atoms with van der Waals surface area (Å²) in [6, 6.07) is 6.86. The van der Waals surface area contributed by atoms with Crippen molar-refractivity contribution in [3.05, 3.63) is 28.2 Å². The Labute approximate surface area is 127 Å². The summed E-state index contributed by atoms with van der Waals surface area (Å²) in [5, 5.41) is 13.2. The first-order chi connectivity index (χ1) is 9.20. The monoisotopic (exact) mass is 345 g/mol. The van der Waals surface area contributed by atoms with Crippen molar-refractivity contribution < 1.29 is 9.84 Å². The molecule has 1 aliphatic heterocycles. The van der Waals surface area contributed by atoms with Gasteiger partial charge in [-0.25, -0.2) is 0 Å². The lowest BCUT2D eigenvalue weighted by Gasteiger charge is -2.26. The first-order valence-corrected chi connectivity index (χ1v) is 8.31. The summed E-state index contributed by atoms with van der Waals surface area (Å²) in [4.78, 5) is 1.37. The van der Waals surface area contributed by atoms with E-state index in [9.17, 15) is 5.11 Å². The van der Waals surface area contributed by atoms with Gasteiger partial charge in [0.1, 0.15) is 0 Å². The van der Waals surface area contributed by atoms with Crippen LogP contribution in [-0.4, -0.2) is 37.2 Å². The Morgan fingerprint density at radius 3 is 3.21 bits per heavy atom. The number of methoxy groups -OCH3 is 1. The van der Waals surface area contributed by atoms with E-state index in [4.69, 9.17) is 4.74 Å². The highest BCUT2D eigenvalue weighted by Crippen LogP contribution is 2.37. The summed E-state index contributed by atoms with van der Waals surface area (Å²) in [6.07, 6.45) is 1.48. The molecule has 0 aromatic heterocycles. The van der Waals surface area contributed by atoms with E-state index in [1.807, 2.05) is 11.8 Å². The molecule has 5 heteroatoms. The van der Waals surface area contributed by atoms with Crippen molar-refractivity contribution >= 4 is 27.7 Å². The number of aliphatic hydroxyl groups is 1. The van der Waals surface area contributed by atoms with Crippen LogP contribution in [0.3, 0.4) is 0 Å². The van der Waals surface area contributed by atoms with Crippen molar-refractivity contribution in [2.75, 3.05) is 26.0 Å². The lowest BCUT2D eigenvalue weighted by molar-refractivity contribution is 0.0589. The van der Waals surface area contributed by atoms with Crippen LogP contribution < -0.4 is 5.32 Å². The molecule has 0 saturated carbocycles. The summed E-state index contributed by atoms with van der Waals surface area (Å²) in [5.41, 5.74) is 1.37. The predicted molar refractivity (Wildman–Crippen MR) is 82.7 cm³/mol. The van der Waals surface area contributed by atoms with Crippen LogP contribution in [0, 0.1) is 0 Å². The second kappa shape index (κ2) is 7.64. The molecule has 0 amide bonds. The predicted octanol–water partition coefficient (Wildman–Crippen LogP) is 2.97. The molecule has 2 atom stereocenters. The SMILES string of the molecule is COCC(O)CCNC1CCSc2ccc(Br)cc21. The largest absolute Gasteiger partial charge is 0.391 e. The van der Waals surface area contributed by atoms with Gasteiger partial charge >= 0.3 is 0 Å². The Morgan fingerprint density at radius 1 is 1.58 bits per heavy atom. The Hall–Kier alpha value is -0.0700. The van der Waals surface area contributed by atoms with Gasteiger partial charge in [-0.1, -0.05) is 15.9 Å². The molecule has 2 unspecified atom stereocenters. The number of nitrogens with one attached hydrogen (secondary N) is 1. The maximum absolute atomic E-state index is 9.64. The average molecular weight is 346 g/mol. The first kappa shape index (κ1) is 15.3. The zero-order chi connectivity index (χ0) is 13.7. The molecule has 1 aliphatic rings. The van der Waals surface area contributed by atoms with Crippen molar-refractivity contribution in [2.45, 2.75) is 29.9 Å². The molecule has 19 heavy (non-hydrogen) atoms. The molecule has 1 aromatic carbocycles. The third kappa shape index (κ3) is 4.46. The van der Waals surface area contributed by atoms with Gasteiger partial charge in [0.25, 0.3) is 0 Å². The molecule has 0 aliphatic carbocycles. The van der Waals surface area contributed by atoms with Crippen molar-refractivity contribution in [2.24, 2.45) is 0 Å². The lowest BCUT2D eigenvalue weighted by atomic mass is 10.0. The molecule has 2 N–H and O–H groups in total. The summed E-state index contributed by atoms with van der Waals surface area (Å²) < 4.78 is 6.06. The molecular weight excluding hydrogens is 326 g/mol. The smallest absolute Gasteiger partial charge is 0.0785 e. The maximum atomic E-state index is 9.64. The van der Waals surface area contributed by atoms with Crippen LogP contribution in [0.5, 0.6) is 0 Å². The van der Waals surface area contributed by atoms with Gasteiger partial charge in [-0.2, -0.15) is 0 Å². The van der Waals surface area contributed by atoms with Gasteiger partial charge in [0.2, 0.25) is 0 Å². The van der Waals surface area contributed by atoms with Crippen LogP contribution in [0.1, 0.15) is 24.4 Å². The maximum Gasteiger partial charge on any atom is 0.0785 e. The molecule has 0 fully saturated rings. The number of thioether (sulfide) groups is 1. The summed E-state index contributed by atoms with van der Waals surface area (Å²) in [7, 11) is 1.61. The van der Waals surface area contributed by atoms with E-state index in [1.54, 1.807) is 7.11 Å². The molecule has 0 spiro atoms. The van der Waals surface area contributed by atoms with Crippen molar-refractivity contribution in [1.82, 2.24) is 5.32 Å². The second-order valence-corrected chi connectivity index (χ2v) is 6.78. The minimum Gasteiger partial charge on any atom is -0.391 e. The number of aliphatic hydroxyl groups excluding tert-OH is 1. The fourth-order valence-electron chi connectivity index (χ4n) is 2.28. The minimum absolute atomic E-state index is 0.377. The van der Waals surface area contributed by atoms with Gasteiger partial charge < -0.3 is 15.2 Å². The van der Waals surface area contributed by atoms with Crippen molar-refractivity contribution in [3.8, 4) is 0 Å². The molecule has 0 radical (unpaired) electrons. The Bertz CT molecular complexity index is 416.